The minimum atomic E-state index is 0.588. The average molecular weight is 194 g/mol. The van der Waals surface area contributed by atoms with Crippen LogP contribution >= 0.6 is 0 Å². The van der Waals surface area contributed by atoms with Crippen LogP contribution < -0.4 is 4.74 Å². The molecule has 0 spiro atoms. The van der Waals surface area contributed by atoms with E-state index in [1.54, 1.807) is 12.1 Å². The van der Waals surface area contributed by atoms with E-state index in [-0.39, 0.29) is 0 Å². The number of carbonyl (C=O) groups excluding carboxylic acids is 1. The highest BCUT2D eigenvalue weighted by Gasteiger charge is 1.97. The van der Waals surface area contributed by atoms with Gasteiger partial charge in [0.25, 0.3) is 0 Å². The molecule has 0 N–H and O–H groups in total. The summed E-state index contributed by atoms with van der Waals surface area (Å²) in [6, 6.07) is 7.18. The van der Waals surface area contributed by atoms with Crippen LogP contribution in [0.4, 0.5) is 0 Å². The molecule has 0 unspecified atom stereocenters. The lowest BCUT2D eigenvalue weighted by molar-refractivity contribution is 0.112. The highest BCUT2D eigenvalue weighted by molar-refractivity contribution is 5.79. The molecule has 0 saturated carbocycles. The van der Waals surface area contributed by atoms with Gasteiger partial charge in [-0.2, -0.15) is 0 Å². The molecule has 0 radical (unpaired) electrons. The third kappa shape index (κ3) is 4.65. The molecule has 0 aromatic heterocycles. The molecule has 0 bridgehead atoms. The SMILES string of the molecule is CCC.CCOc1ccccc1C=O. The van der Waals surface area contributed by atoms with E-state index in [4.69, 9.17) is 4.74 Å². The van der Waals surface area contributed by atoms with Crippen molar-refractivity contribution in [1.82, 2.24) is 0 Å². The second-order valence-corrected chi connectivity index (χ2v) is 2.80. The molecule has 0 aliphatic rings. The van der Waals surface area contributed by atoms with Gasteiger partial charge in [-0.05, 0) is 19.1 Å². The van der Waals surface area contributed by atoms with Crippen LogP contribution in [-0.4, -0.2) is 12.9 Å². The molecular weight excluding hydrogens is 176 g/mol. The first kappa shape index (κ1) is 12.7. The number of benzene rings is 1. The van der Waals surface area contributed by atoms with Gasteiger partial charge in [-0.25, -0.2) is 0 Å². The summed E-state index contributed by atoms with van der Waals surface area (Å²) in [5, 5.41) is 0. The lowest BCUT2D eigenvalue weighted by Gasteiger charge is -2.03. The van der Waals surface area contributed by atoms with Gasteiger partial charge in [-0.3, -0.25) is 4.79 Å². The van der Waals surface area contributed by atoms with E-state index in [0.29, 0.717) is 17.9 Å². The number of aldehydes is 1. The summed E-state index contributed by atoms with van der Waals surface area (Å²) in [6.07, 6.45) is 2.05. The van der Waals surface area contributed by atoms with Crippen LogP contribution in [-0.2, 0) is 0 Å². The second kappa shape index (κ2) is 8.30. The quantitative estimate of drug-likeness (QED) is 0.690. The molecule has 1 aromatic carbocycles. The molecule has 78 valence electrons. The molecule has 0 heterocycles. The van der Waals surface area contributed by atoms with Gasteiger partial charge in [0.15, 0.2) is 6.29 Å². The van der Waals surface area contributed by atoms with Gasteiger partial charge >= 0.3 is 0 Å². The van der Waals surface area contributed by atoms with E-state index in [0.717, 1.165) is 6.29 Å². The largest absolute Gasteiger partial charge is 0.493 e. The van der Waals surface area contributed by atoms with Crippen LogP contribution in [0.15, 0.2) is 24.3 Å². The molecule has 2 heteroatoms. The van der Waals surface area contributed by atoms with Crippen molar-refractivity contribution in [3.63, 3.8) is 0 Å². The summed E-state index contributed by atoms with van der Waals surface area (Å²) in [4.78, 5) is 10.4. The predicted molar refractivity (Wildman–Crippen MR) is 59.0 cm³/mol. The molecule has 14 heavy (non-hydrogen) atoms. The molecule has 0 aliphatic heterocycles. The first-order valence-corrected chi connectivity index (χ1v) is 4.97. The van der Waals surface area contributed by atoms with Crippen molar-refractivity contribution < 1.29 is 9.53 Å². The van der Waals surface area contributed by atoms with E-state index in [9.17, 15) is 4.79 Å². The summed E-state index contributed by atoms with van der Waals surface area (Å²) < 4.78 is 5.20. The molecule has 0 atom stereocenters. The zero-order chi connectivity index (χ0) is 10.8. The van der Waals surface area contributed by atoms with E-state index in [1.165, 1.54) is 6.42 Å². The Hall–Kier alpha value is -1.31. The smallest absolute Gasteiger partial charge is 0.153 e. The van der Waals surface area contributed by atoms with Crippen LogP contribution in [0.2, 0.25) is 0 Å². The maximum atomic E-state index is 10.4. The van der Waals surface area contributed by atoms with Crippen molar-refractivity contribution in [2.45, 2.75) is 27.2 Å². The molecule has 0 amide bonds. The standard InChI is InChI=1S/C9H10O2.C3H8/c1-2-11-9-6-4-3-5-8(9)7-10;1-3-2/h3-7H,2H2,1H3;3H2,1-2H3. The maximum absolute atomic E-state index is 10.4. The monoisotopic (exact) mass is 194 g/mol. The van der Waals surface area contributed by atoms with Crippen LogP contribution in [0.25, 0.3) is 0 Å². The molecule has 2 nitrogen and oxygen atoms in total. The maximum Gasteiger partial charge on any atom is 0.153 e. The van der Waals surface area contributed by atoms with E-state index in [2.05, 4.69) is 13.8 Å². The normalized spacial score (nSPS) is 8.50. The first-order valence-electron chi connectivity index (χ1n) is 4.97. The van der Waals surface area contributed by atoms with Gasteiger partial charge in [0.1, 0.15) is 5.75 Å². The molecular formula is C12H18O2. The minimum absolute atomic E-state index is 0.588. The Bertz CT molecular complexity index is 256. The highest BCUT2D eigenvalue weighted by atomic mass is 16.5. The number of carbonyl (C=O) groups is 1. The van der Waals surface area contributed by atoms with Gasteiger partial charge in [0.2, 0.25) is 0 Å². The molecule has 1 rings (SSSR count). The van der Waals surface area contributed by atoms with Crippen LogP contribution in [0.3, 0.4) is 0 Å². The Balaban J connectivity index is 0.000000500. The predicted octanol–water partition coefficient (Wildman–Crippen LogP) is 3.31. The number of hydrogen-bond acceptors (Lipinski definition) is 2. The van der Waals surface area contributed by atoms with Gasteiger partial charge in [0.05, 0.1) is 12.2 Å². The van der Waals surface area contributed by atoms with E-state index < -0.39 is 0 Å². The van der Waals surface area contributed by atoms with Crippen molar-refractivity contribution in [1.29, 1.82) is 0 Å². The number of hydrogen-bond donors (Lipinski definition) is 0. The van der Waals surface area contributed by atoms with Crippen molar-refractivity contribution in [2.24, 2.45) is 0 Å². The van der Waals surface area contributed by atoms with Gasteiger partial charge in [0, 0.05) is 0 Å². The summed E-state index contributed by atoms with van der Waals surface area (Å²) in [5.41, 5.74) is 0.606. The summed E-state index contributed by atoms with van der Waals surface area (Å²) in [7, 11) is 0. The van der Waals surface area contributed by atoms with Crippen molar-refractivity contribution in [3.05, 3.63) is 29.8 Å². The lowest BCUT2D eigenvalue weighted by atomic mass is 10.2. The third-order valence-electron chi connectivity index (χ3n) is 1.35. The van der Waals surface area contributed by atoms with Crippen molar-refractivity contribution >= 4 is 6.29 Å². The van der Waals surface area contributed by atoms with Gasteiger partial charge in [-0.15, -0.1) is 0 Å². The topological polar surface area (TPSA) is 26.3 Å². The molecule has 0 aliphatic carbocycles. The van der Waals surface area contributed by atoms with Crippen LogP contribution in [0.1, 0.15) is 37.6 Å². The summed E-state index contributed by atoms with van der Waals surface area (Å²) in [6.45, 7) is 6.73. The number of para-hydroxylation sites is 1. The fourth-order valence-electron chi connectivity index (χ4n) is 0.865. The molecule has 0 saturated heterocycles. The highest BCUT2D eigenvalue weighted by Crippen LogP contribution is 2.14. The Labute approximate surface area is 85.9 Å². The lowest BCUT2D eigenvalue weighted by Crippen LogP contribution is -1.94. The minimum Gasteiger partial charge on any atom is -0.493 e. The van der Waals surface area contributed by atoms with Crippen LogP contribution in [0, 0.1) is 0 Å². The number of ether oxygens (including phenoxy) is 1. The van der Waals surface area contributed by atoms with E-state index >= 15 is 0 Å². The summed E-state index contributed by atoms with van der Waals surface area (Å²) in [5.74, 6) is 0.657. The van der Waals surface area contributed by atoms with Gasteiger partial charge < -0.3 is 4.74 Å². The van der Waals surface area contributed by atoms with Crippen LogP contribution in [0.5, 0.6) is 5.75 Å². The molecule has 0 fully saturated rings. The fourth-order valence-corrected chi connectivity index (χ4v) is 0.865. The zero-order valence-electron chi connectivity index (χ0n) is 9.12. The second-order valence-electron chi connectivity index (χ2n) is 2.80. The van der Waals surface area contributed by atoms with Crippen molar-refractivity contribution in [3.8, 4) is 5.75 Å². The van der Waals surface area contributed by atoms with E-state index in [1.807, 2.05) is 19.1 Å². The van der Waals surface area contributed by atoms with Gasteiger partial charge in [-0.1, -0.05) is 32.4 Å². The first-order chi connectivity index (χ1) is 6.79. The zero-order valence-corrected chi connectivity index (χ0v) is 9.12. The summed E-state index contributed by atoms with van der Waals surface area (Å²) >= 11 is 0. The Morgan fingerprint density at radius 1 is 1.21 bits per heavy atom. The van der Waals surface area contributed by atoms with Crippen molar-refractivity contribution in [2.75, 3.05) is 6.61 Å². The Kier molecular flexibility index (Phi) is 7.52. The number of rotatable bonds is 3. The fraction of sp³-hybridized carbons (Fsp3) is 0.417. The average Bonchev–Trinajstić information content (AvgIpc) is 2.20. The molecule has 1 aromatic rings. The Morgan fingerprint density at radius 2 is 1.79 bits per heavy atom. The third-order valence-corrected chi connectivity index (χ3v) is 1.35. The Morgan fingerprint density at radius 3 is 2.29 bits per heavy atom.